The zero-order valence-electron chi connectivity index (χ0n) is 9.78. The van der Waals surface area contributed by atoms with E-state index < -0.39 is 0 Å². The lowest BCUT2D eigenvalue weighted by atomic mass is 10.0. The Bertz CT molecular complexity index is 621. The molecule has 0 aliphatic carbocycles. The number of hydrogen-bond donors (Lipinski definition) is 0. The largest absolute Gasteiger partial charge is 0.494 e. The maximum atomic E-state index is 11.2. The van der Waals surface area contributed by atoms with Crippen LogP contribution < -0.4 is 4.74 Å². The highest BCUT2D eigenvalue weighted by atomic mass is 35.5. The number of carbonyl (C=O) groups is 1. The summed E-state index contributed by atoms with van der Waals surface area (Å²) in [4.78, 5) is 15.3. The van der Waals surface area contributed by atoms with E-state index in [2.05, 4.69) is 4.98 Å². The van der Waals surface area contributed by atoms with E-state index in [1.54, 1.807) is 12.1 Å². The Labute approximate surface area is 125 Å². The van der Waals surface area contributed by atoms with Crippen LogP contribution in [0.3, 0.4) is 0 Å². The lowest BCUT2D eigenvalue weighted by Gasteiger charge is -2.12. The minimum atomic E-state index is 0.337. The molecule has 0 atom stereocenters. The van der Waals surface area contributed by atoms with Crippen LogP contribution in [0.1, 0.15) is 10.4 Å². The Kier molecular flexibility index (Phi) is 4.30. The number of aromatic nitrogens is 1. The molecule has 1 aromatic carbocycles. The van der Waals surface area contributed by atoms with Gasteiger partial charge in [0.2, 0.25) is 0 Å². The molecule has 98 valence electrons. The molecule has 1 aromatic heterocycles. The van der Waals surface area contributed by atoms with Gasteiger partial charge in [0.05, 0.1) is 28.9 Å². The molecule has 0 saturated heterocycles. The Morgan fingerprint density at radius 3 is 2.32 bits per heavy atom. The molecule has 0 bridgehead atoms. The molecule has 6 heteroatoms. The predicted octanol–water partition coefficient (Wildman–Crippen LogP) is 4.53. The summed E-state index contributed by atoms with van der Waals surface area (Å²) >= 11 is 18.1. The van der Waals surface area contributed by atoms with E-state index in [0.29, 0.717) is 43.8 Å². The molecule has 0 fully saturated rings. The Balaban J connectivity index is 2.76. The zero-order chi connectivity index (χ0) is 14.0. The second-order valence-electron chi connectivity index (χ2n) is 3.67. The third kappa shape index (κ3) is 2.68. The summed E-state index contributed by atoms with van der Waals surface area (Å²) in [7, 11) is 1.46. The van der Waals surface area contributed by atoms with Gasteiger partial charge in [0, 0.05) is 22.3 Å². The van der Waals surface area contributed by atoms with Crippen molar-refractivity contribution in [1.82, 2.24) is 4.98 Å². The molecule has 0 unspecified atom stereocenters. The van der Waals surface area contributed by atoms with Gasteiger partial charge in [0.25, 0.3) is 0 Å². The molecule has 0 aliphatic heterocycles. The number of carbonyl (C=O) groups excluding carboxylic acids is 1. The van der Waals surface area contributed by atoms with Gasteiger partial charge >= 0.3 is 0 Å². The topological polar surface area (TPSA) is 39.2 Å². The van der Waals surface area contributed by atoms with Gasteiger partial charge in [-0.3, -0.25) is 9.78 Å². The van der Waals surface area contributed by atoms with Crippen molar-refractivity contribution in [2.75, 3.05) is 7.11 Å². The minimum absolute atomic E-state index is 0.337. The number of pyridine rings is 1. The average Bonchev–Trinajstić information content (AvgIpc) is 2.37. The van der Waals surface area contributed by atoms with Gasteiger partial charge in [-0.25, -0.2) is 0 Å². The molecule has 2 aromatic rings. The molecule has 0 saturated carbocycles. The second kappa shape index (κ2) is 5.78. The number of aldehydes is 1. The molecule has 1 heterocycles. The molecule has 19 heavy (non-hydrogen) atoms. The highest BCUT2D eigenvalue weighted by Crippen LogP contribution is 2.39. The summed E-state index contributed by atoms with van der Waals surface area (Å²) < 4.78 is 5.10. The first-order valence-corrected chi connectivity index (χ1v) is 6.34. The third-order valence-electron chi connectivity index (χ3n) is 2.57. The SMILES string of the molecule is COc1cncc(-c2c(Cl)cc(Cl)cc2Cl)c1C=O. The molecular weight excluding hydrogens is 309 g/mol. The van der Waals surface area contributed by atoms with Crippen molar-refractivity contribution in [2.24, 2.45) is 0 Å². The van der Waals surface area contributed by atoms with Crippen molar-refractivity contribution in [2.45, 2.75) is 0 Å². The van der Waals surface area contributed by atoms with E-state index in [4.69, 9.17) is 39.5 Å². The number of benzene rings is 1. The minimum Gasteiger partial charge on any atom is -0.494 e. The van der Waals surface area contributed by atoms with Crippen molar-refractivity contribution >= 4 is 41.1 Å². The third-order valence-corrected chi connectivity index (χ3v) is 3.38. The molecule has 2 rings (SSSR count). The van der Waals surface area contributed by atoms with Crippen LogP contribution in [0.15, 0.2) is 24.5 Å². The van der Waals surface area contributed by atoms with E-state index in [1.165, 1.54) is 19.5 Å². The molecular formula is C13H8Cl3NO2. The summed E-state index contributed by atoms with van der Waals surface area (Å²) in [5, 5.41) is 1.11. The summed E-state index contributed by atoms with van der Waals surface area (Å²) in [6.45, 7) is 0. The van der Waals surface area contributed by atoms with Crippen LogP contribution in [-0.4, -0.2) is 18.4 Å². The maximum Gasteiger partial charge on any atom is 0.154 e. The Morgan fingerprint density at radius 2 is 1.79 bits per heavy atom. The number of hydrogen-bond acceptors (Lipinski definition) is 3. The number of rotatable bonds is 3. The molecule has 0 aliphatic rings. The number of methoxy groups -OCH3 is 1. The average molecular weight is 317 g/mol. The van der Waals surface area contributed by atoms with Crippen molar-refractivity contribution in [3.05, 3.63) is 45.2 Å². The van der Waals surface area contributed by atoms with Crippen molar-refractivity contribution < 1.29 is 9.53 Å². The van der Waals surface area contributed by atoms with Crippen molar-refractivity contribution in [3.8, 4) is 16.9 Å². The standard InChI is InChI=1S/C13H8Cl3NO2/c1-19-12-5-17-4-8(9(12)6-18)13-10(15)2-7(14)3-11(13)16/h2-6H,1H3. The molecule has 0 N–H and O–H groups in total. The van der Waals surface area contributed by atoms with Crippen LogP contribution >= 0.6 is 34.8 Å². The molecule has 0 spiro atoms. The smallest absolute Gasteiger partial charge is 0.154 e. The Hall–Kier alpha value is -1.29. The first-order chi connectivity index (χ1) is 9.08. The zero-order valence-corrected chi connectivity index (χ0v) is 12.1. The first kappa shape index (κ1) is 14.1. The van der Waals surface area contributed by atoms with Gasteiger partial charge in [0.15, 0.2) is 6.29 Å². The van der Waals surface area contributed by atoms with E-state index in [9.17, 15) is 4.79 Å². The van der Waals surface area contributed by atoms with Gasteiger partial charge in [-0.2, -0.15) is 0 Å². The Morgan fingerprint density at radius 1 is 1.16 bits per heavy atom. The number of halogens is 3. The molecule has 3 nitrogen and oxygen atoms in total. The van der Waals surface area contributed by atoms with Crippen LogP contribution in [-0.2, 0) is 0 Å². The fourth-order valence-electron chi connectivity index (χ4n) is 1.73. The fraction of sp³-hybridized carbons (Fsp3) is 0.0769. The summed E-state index contributed by atoms with van der Waals surface area (Å²) in [5.74, 6) is 0.356. The lowest BCUT2D eigenvalue weighted by Crippen LogP contribution is -1.96. The van der Waals surface area contributed by atoms with Crippen molar-refractivity contribution in [1.29, 1.82) is 0 Å². The monoisotopic (exact) mass is 315 g/mol. The van der Waals surface area contributed by atoms with Gasteiger partial charge in [-0.1, -0.05) is 34.8 Å². The quantitative estimate of drug-likeness (QED) is 0.781. The van der Waals surface area contributed by atoms with Crippen LogP contribution in [0.25, 0.3) is 11.1 Å². The highest BCUT2D eigenvalue weighted by molar-refractivity contribution is 6.42. The number of ether oxygens (including phenoxy) is 1. The van der Waals surface area contributed by atoms with Crippen LogP contribution in [0.5, 0.6) is 5.75 Å². The van der Waals surface area contributed by atoms with E-state index in [-0.39, 0.29) is 0 Å². The second-order valence-corrected chi connectivity index (χ2v) is 4.92. The first-order valence-electron chi connectivity index (χ1n) is 5.20. The van der Waals surface area contributed by atoms with Crippen LogP contribution in [0.4, 0.5) is 0 Å². The van der Waals surface area contributed by atoms with E-state index in [0.717, 1.165) is 0 Å². The van der Waals surface area contributed by atoms with Crippen LogP contribution in [0, 0.1) is 0 Å². The van der Waals surface area contributed by atoms with E-state index in [1.807, 2.05) is 0 Å². The van der Waals surface area contributed by atoms with Gasteiger partial charge in [-0.15, -0.1) is 0 Å². The summed E-state index contributed by atoms with van der Waals surface area (Å²) in [6.07, 6.45) is 3.63. The van der Waals surface area contributed by atoms with Crippen molar-refractivity contribution in [3.63, 3.8) is 0 Å². The van der Waals surface area contributed by atoms with Gasteiger partial charge < -0.3 is 4.74 Å². The fourth-order valence-corrected chi connectivity index (χ4v) is 2.75. The lowest BCUT2D eigenvalue weighted by molar-refractivity contribution is 0.112. The number of nitrogens with zero attached hydrogens (tertiary/aromatic N) is 1. The van der Waals surface area contributed by atoms with Gasteiger partial charge in [-0.05, 0) is 12.1 Å². The summed E-state index contributed by atoms with van der Waals surface area (Å²) in [5.41, 5.74) is 1.34. The van der Waals surface area contributed by atoms with Gasteiger partial charge in [0.1, 0.15) is 5.75 Å². The van der Waals surface area contributed by atoms with Crippen LogP contribution in [0.2, 0.25) is 15.1 Å². The normalized spacial score (nSPS) is 10.3. The summed E-state index contributed by atoms with van der Waals surface area (Å²) in [6, 6.07) is 3.11. The highest BCUT2D eigenvalue weighted by Gasteiger charge is 2.17. The van der Waals surface area contributed by atoms with E-state index >= 15 is 0 Å². The maximum absolute atomic E-state index is 11.2. The predicted molar refractivity (Wildman–Crippen MR) is 76.6 cm³/mol. The molecule has 0 amide bonds. The molecule has 0 radical (unpaired) electrons.